The number of fused-ring (bicyclic) bond motifs is 1. The fraction of sp³-hybridized carbons (Fsp3) is 0.241. The van der Waals surface area contributed by atoms with E-state index in [1.54, 1.807) is 50.2 Å². The first-order valence-corrected chi connectivity index (χ1v) is 13.3. The van der Waals surface area contributed by atoms with E-state index in [0.717, 1.165) is 11.3 Å². The Balaban J connectivity index is 1.67. The molecule has 0 saturated heterocycles. The molecule has 11 nitrogen and oxygen atoms in total. The Hall–Kier alpha value is -4.84. The van der Waals surface area contributed by atoms with Crippen LogP contribution in [0.15, 0.2) is 58.2 Å². The molecule has 5 rings (SSSR count). The quantitative estimate of drug-likeness (QED) is 0.209. The number of Topliss-reactive ketones (excluding diaryl/α,β-unsaturated/α-hetero) is 1. The first-order valence-electron chi connectivity index (χ1n) is 12.5. The van der Waals surface area contributed by atoms with Crippen LogP contribution in [-0.4, -0.2) is 55.7 Å². The largest absolute Gasteiger partial charge is 0.503 e. The van der Waals surface area contributed by atoms with Gasteiger partial charge < -0.3 is 28.5 Å². The number of hydrogen-bond donors (Lipinski definition) is 1. The number of ketones is 1. The summed E-state index contributed by atoms with van der Waals surface area (Å²) < 4.78 is 27.2. The van der Waals surface area contributed by atoms with Gasteiger partial charge >= 0.3 is 5.97 Å². The number of aliphatic hydroxyl groups excluding tert-OH is 1. The smallest absolute Gasteiger partial charge is 0.350 e. The number of anilines is 1. The number of carbonyl (C=O) groups excluding carboxylic acids is 3. The van der Waals surface area contributed by atoms with Crippen molar-refractivity contribution in [1.82, 2.24) is 4.98 Å². The van der Waals surface area contributed by atoms with Gasteiger partial charge in [-0.05, 0) is 43.7 Å². The lowest BCUT2D eigenvalue weighted by atomic mass is 9.95. The van der Waals surface area contributed by atoms with Crippen molar-refractivity contribution in [2.45, 2.75) is 19.9 Å². The Morgan fingerprint density at radius 2 is 1.78 bits per heavy atom. The number of aliphatic hydroxyl groups is 1. The molecule has 0 radical (unpaired) electrons. The number of aryl methyl sites for hydroxylation is 1. The Morgan fingerprint density at radius 3 is 2.46 bits per heavy atom. The van der Waals surface area contributed by atoms with Gasteiger partial charge in [-0.1, -0.05) is 29.5 Å². The molecule has 41 heavy (non-hydrogen) atoms. The topological polar surface area (TPSA) is 138 Å². The highest BCUT2D eigenvalue weighted by atomic mass is 32.1. The number of aromatic nitrogens is 1. The van der Waals surface area contributed by atoms with E-state index in [1.165, 1.54) is 32.3 Å². The summed E-state index contributed by atoms with van der Waals surface area (Å²) in [5, 5.41) is 11.9. The van der Waals surface area contributed by atoms with Crippen LogP contribution in [-0.2, 0) is 9.53 Å². The molecule has 1 unspecified atom stereocenters. The fourth-order valence-corrected chi connectivity index (χ4v) is 5.67. The number of benzene rings is 2. The third-order valence-corrected chi connectivity index (χ3v) is 7.72. The van der Waals surface area contributed by atoms with Gasteiger partial charge in [-0.2, -0.15) is 0 Å². The van der Waals surface area contributed by atoms with Crippen LogP contribution in [0.5, 0.6) is 17.2 Å². The monoisotopic (exact) mass is 578 g/mol. The summed E-state index contributed by atoms with van der Waals surface area (Å²) in [5.41, 5.74) is 0.872. The lowest BCUT2D eigenvalue weighted by molar-refractivity contribution is -0.117. The van der Waals surface area contributed by atoms with E-state index in [-0.39, 0.29) is 27.9 Å². The molecule has 1 aliphatic rings. The molecule has 12 heteroatoms. The zero-order valence-electron chi connectivity index (χ0n) is 22.8. The van der Waals surface area contributed by atoms with Gasteiger partial charge in [-0.15, -0.1) is 0 Å². The highest BCUT2D eigenvalue weighted by molar-refractivity contribution is 7.17. The van der Waals surface area contributed by atoms with Crippen LogP contribution >= 0.6 is 11.3 Å². The van der Waals surface area contributed by atoms with Crippen LogP contribution in [0.2, 0.25) is 0 Å². The summed E-state index contributed by atoms with van der Waals surface area (Å²) >= 11 is 0.919. The molecule has 212 valence electrons. The van der Waals surface area contributed by atoms with Crippen LogP contribution in [0.4, 0.5) is 5.13 Å². The number of carbonyl (C=O) groups is 3. The molecule has 0 spiro atoms. The molecule has 3 heterocycles. The second kappa shape index (κ2) is 11.0. The number of thiazole rings is 1. The maximum Gasteiger partial charge on any atom is 0.350 e. The summed E-state index contributed by atoms with van der Waals surface area (Å²) in [5.74, 6) is -1.86. The highest BCUT2D eigenvalue weighted by Crippen LogP contribution is 2.46. The van der Waals surface area contributed by atoms with Gasteiger partial charge in [0.05, 0.1) is 45.2 Å². The molecule has 1 atom stereocenters. The first-order chi connectivity index (χ1) is 19.7. The van der Waals surface area contributed by atoms with Gasteiger partial charge in [0.25, 0.3) is 5.91 Å². The Labute approximate surface area is 238 Å². The van der Waals surface area contributed by atoms with Gasteiger partial charge in [0.2, 0.25) is 5.78 Å². The lowest BCUT2D eigenvalue weighted by Gasteiger charge is -2.25. The van der Waals surface area contributed by atoms with Crippen LogP contribution in [0.3, 0.4) is 0 Å². The van der Waals surface area contributed by atoms with E-state index < -0.39 is 29.5 Å². The van der Waals surface area contributed by atoms with Gasteiger partial charge in [-0.25, -0.2) is 9.78 Å². The summed E-state index contributed by atoms with van der Waals surface area (Å²) in [6.07, 6.45) is 0. The van der Waals surface area contributed by atoms with Crippen molar-refractivity contribution in [3.05, 3.63) is 75.7 Å². The zero-order valence-corrected chi connectivity index (χ0v) is 23.7. The van der Waals surface area contributed by atoms with Crippen molar-refractivity contribution < 1.29 is 42.9 Å². The Morgan fingerprint density at radius 1 is 1.05 bits per heavy atom. The summed E-state index contributed by atoms with van der Waals surface area (Å²) in [4.78, 5) is 45.9. The van der Waals surface area contributed by atoms with E-state index in [9.17, 15) is 19.5 Å². The molecule has 2 aromatic carbocycles. The number of methoxy groups -OCH3 is 3. The normalized spacial score (nSPS) is 15.0. The third-order valence-electron chi connectivity index (χ3n) is 6.58. The van der Waals surface area contributed by atoms with Gasteiger partial charge in [-0.3, -0.25) is 14.5 Å². The number of rotatable bonds is 9. The average Bonchev–Trinajstić information content (AvgIpc) is 3.66. The van der Waals surface area contributed by atoms with E-state index in [2.05, 4.69) is 4.98 Å². The van der Waals surface area contributed by atoms with Crippen molar-refractivity contribution >= 4 is 45.1 Å². The van der Waals surface area contributed by atoms with Crippen molar-refractivity contribution in [2.24, 2.45) is 0 Å². The zero-order chi connectivity index (χ0) is 29.4. The summed E-state index contributed by atoms with van der Waals surface area (Å²) in [7, 11) is 4.42. The number of para-hydroxylation sites is 1. The maximum absolute atomic E-state index is 14.0. The van der Waals surface area contributed by atoms with Gasteiger partial charge in [0.15, 0.2) is 39.5 Å². The molecule has 0 saturated carbocycles. The minimum absolute atomic E-state index is 0.0935. The lowest BCUT2D eigenvalue weighted by Crippen LogP contribution is -2.31. The fourth-order valence-electron chi connectivity index (χ4n) is 4.69. The van der Waals surface area contributed by atoms with Gasteiger partial charge in [0, 0.05) is 5.39 Å². The Bertz CT molecular complexity index is 1720. The van der Waals surface area contributed by atoms with Crippen molar-refractivity contribution in [3.63, 3.8) is 0 Å². The molecule has 0 aliphatic carbocycles. The van der Waals surface area contributed by atoms with E-state index in [4.69, 9.17) is 23.4 Å². The van der Waals surface area contributed by atoms with E-state index in [1.807, 2.05) is 0 Å². The average molecular weight is 579 g/mol. The maximum atomic E-state index is 14.0. The predicted molar refractivity (Wildman–Crippen MR) is 149 cm³/mol. The van der Waals surface area contributed by atoms with Crippen LogP contribution in [0.1, 0.15) is 44.4 Å². The van der Waals surface area contributed by atoms with Crippen LogP contribution < -0.4 is 19.1 Å². The number of ether oxygens (including phenoxy) is 4. The minimum Gasteiger partial charge on any atom is -0.503 e. The number of hydrogen-bond acceptors (Lipinski definition) is 11. The molecule has 2 aromatic heterocycles. The van der Waals surface area contributed by atoms with Crippen molar-refractivity contribution in [3.8, 4) is 17.2 Å². The van der Waals surface area contributed by atoms with Crippen molar-refractivity contribution in [2.75, 3.05) is 32.8 Å². The molecular weight excluding hydrogens is 552 g/mol. The van der Waals surface area contributed by atoms with Crippen molar-refractivity contribution in [1.29, 1.82) is 0 Å². The second-order valence-electron chi connectivity index (χ2n) is 8.90. The molecule has 1 N–H and O–H groups in total. The molecule has 0 fully saturated rings. The molecule has 1 amide bonds. The molecule has 1 aliphatic heterocycles. The van der Waals surface area contributed by atoms with E-state index >= 15 is 0 Å². The SMILES string of the molecule is CCOC(=O)c1sc(N2C(=O)C(O)=C(C(=O)c3cc4cccc(OC)c4o3)C2c2ccc(OC)c(OC)c2)nc1C. The van der Waals surface area contributed by atoms with Crippen LogP contribution in [0.25, 0.3) is 11.0 Å². The second-order valence-corrected chi connectivity index (χ2v) is 9.88. The molecular formula is C29H26N2O9S. The van der Waals surface area contributed by atoms with Gasteiger partial charge in [0.1, 0.15) is 4.88 Å². The number of esters is 1. The Kier molecular flexibility index (Phi) is 7.41. The first kappa shape index (κ1) is 27.7. The third kappa shape index (κ3) is 4.65. The number of amides is 1. The molecule has 4 aromatic rings. The number of furan rings is 1. The minimum atomic E-state index is -1.15. The van der Waals surface area contributed by atoms with E-state index in [0.29, 0.717) is 39.5 Å². The highest BCUT2D eigenvalue weighted by Gasteiger charge is 2.47. The standard InChI is InChI=1S/C29H26N2O9S/c1-6-39-28(35)26-14(2)30-29(41-26)31-22(15-10-11-17(36-3)19(12-15)38-5)21(24(33)27(31)34)23(32)20-13-16-8-7-9-18(37-4)25(16)40-20/h7-13,22,33H,6H2,1-5H3. The summed E-state index contributed by atoms with van der Waals surface area (Å²) in [6.45, 7) is 3.45. The molecule has 0 bridgehead atoms. The summed E-state index contributed by atoms with van der Waals surface area (Å²) in [6, 6.07) is 10.4. The predicted octanol–water partition coefficient (Wildman–Crippen LogP) is 5.18. The number of nitrogens with zero attached hydrogens (tertiary/aromatic N) is 2. The van der Waals surface area contributed by atoms with Crippen LogP contribution in [0, 0.1) is 6.92 Å².